The summed E-state index contributed by atoms with van der Waals surface area (Å²) in [6.07, 6.45) is 3.73. The molecule has 2 rings (SSSR count). The van der Waals surface area contributed by atoms with Crippen molar-refractivity contribution in [3.8, 4) is 0 Å². The van der Waals surface area contributed by atoms with Crippen molar-refractivity contribution in [3.05, 3.63) is 35.9 Å². The molecule has 3 nitrogen and oxygen atoms in total. The Morgan fingerprint density at radius 3 is 2.59 bits per heavy atom. The van der Waals surface area contributed by atoms with Crippen molar-refractivity contribution in [1.29, 1.82) is 0 Å². The van der Waals surface area contributed by atoms with Crippen molar-refractivity contribution in [2.75, 3.05) is 13.6 Å². The van der Waals surface area contributed by atoms with Crippen molar-refractivity contribution in [2.24, 2.45) is 5.92 Å². The number of hydrogen-bond acceptors (Lipinski definition) is 2. The van der Waals surface area contributed by atoms with E-state index in [0.717, 1.165) is 0 Å². The molecule has 0 aliphatic heterocycles. The highest BCUT2D eigenvalue weighted by atomic mass is 16.1. The summed E-state index contributed by atoms with van der Waals surface area (Å²) < 4.78 is 0. The van der Waals surface area contributed by atoms with Crippen molar-refractivity contribution in [2.45, 2.75) is 25.3 Å². The van der Waals surface area contributed by atoms with E-state index in [-0.39, 0.29) is 11.9 Å². The summed E-state index contributed by atoms with van der Waals surface area (Å²) in [6.45, 7) is 0.385. The largest absolute Gasteiger partial charge is 0.348 e. The molecule has 0 aromatic heterocycles. The molecule has 3 heteroatoms. The molecule has 1 aliphatic rings. The lowest BCUT2D eigenvalue weighted by molar-refractivity contribution is -0.121. The maximum Gasteiger partial charge on any atom is 0.234 e. The van der Waals surface area contributed by atoms with Crippen LogP contribution >= 0.6 is 0 Å². The predicted octanol–water partition coefficient (Wildman–Crippen LogP) is 1.86. The summed E-state index contributed by atoms with van der Waals surface area (Å²) in [6, 6.07) is 10.5. The van der Waals surface area contributed by atoms with Crippen LogP contribution in [0, 0.1) is 5.92 Å². The first-order valence-corrected chi connectivity index (χ1v) is 6.30. The molecule has 2 N–H and O–H groups in total. The number of amides is 1. The normalized spacial score (nSPS) is 17.2. The van der Waals surface area contributed by atoms with E-state index in [2.05, 4.69) is 22.8 Å². The maximum absolute atomic E-state index is 11.7. The molecule has 1 fully saturated rings. The Hall–Kier alpha value is -1.35. The molecule has 1 saturated carbocycles. The van der Waals surface area contributed by atoms with Gasteiger partial charge in [0.05, 0.1) is 12.6 Å². The molecule has 1 aliphatic carbocycles. The highest BCUT2D eigenvalue weighted by Crippen LogP contribution is 2.37. The van der Waals surface area contributed by atoms with Crippen LogP contribution in [0.4, 0.5) is 0 Å². The first kappa shape index (κ1) is 12.1. The highest BCUT2D eigenvalue weighted by Gasteiger charge is 2.29. The minimum absolute atomic E-state index is 0.0771. The van der Waals surface area contributed by atoms with Crippen molar-refractivity contribution < 1.29 is 4.79 Å². The smallest absolute Gasteiger partial charge is 0.234 e. The molecule has 17 heavy (non-hydrogen) atoms. The van der Waals surface area contributed by atoms with Gasteiger partial charge in [-0.2, -0.15) is 0 Å². The molecular weight excluding hydrogens is 212 g/mol. The monoisotopic (exact) mass is 232 g/mol. The van der Waals surface area contributed by atoms with Crippen LogP contribution in [0.5, 0.6) is 0 Å². The van der Waals surface area contributed by atoms with Crippen LogP contribution in [-0.4, -0.2) is 19.5 Å². The number of carbonyl (C=O) groups excluding carboxylic acids is 1. The number of rotatable bonds is 5. The van der Waals surface area contributed by atoms with Gasteiger partial charge in [-0.05, 0) is 31.4 Å². The van der Waals surface area contributed by atoms with E-state index in [9.17, 15) is 4.79 Å². The Morgan fingerprint density at radius 1 is 1.35 bits per heavy atom. The van der Waals surface area contributed by atoms with Gasteiger partial charge < -0.3 is 10.6 Å². The van der Waals surface area contributed by atoms with Crippen LogP contribution < -0.4 is 10.6 Å². The molecule has 1 unspecified atom stereocenters. The zero-order valence-electron chi connectivity index (χ0n) is 10.3. The Morgan fingerprint density at radius 2 is 2.06 bits per heavy atom. The fraction of sp³-hybridized carbons (Fsp3) is 0.500. The van der Waals surface area contributed by atoms with E-state index in [0.29, 0.717) is 12.5 Å². The molecule has 0 saturated heterocycles. The van der Waals surface area contributed by atoms with Crippen molar-refractivity contribution in [3.63, 3.8) is 0 Å². The molecule has 1 amide bonds. The minimum Gasteiger partial charge on any atom is -0.348 e. The van der Waals surface area contributed by atoms with E-state index in [1.807, 2.05) is 18.2 Å². The Bertz CT molecular complexity index is 360. The van der Waals surface area contributed by atoms with Crippen LogP contribution in [0.25, 0.3) is 0 Å². The first-order valence-electron chi connectivity index (χ1n) is 6.30. The zero-order chi connectivity index (χ0) is 12.1. The molecule has 0 heterocycles. The fourth-order valence-corrected chi connectivity index (χ4v) is 2.29. The number of likely N-dealkylation sites (N-methyl/N-ethyl adjacent to an activating group) is 1. The van der Waals surface area contributed by atoms with Gasteiger partial charge in [0.1, 0.15) is 0 Å². The van der Waals surface area contributed by atoms with Crippen LogP contribution in [0.2, 0.25) is 0 Å². The summed E-state index contributed by atoms with van der Waals surface area (Å²) in [5.41, 5.74) is 1.22. The number of nitrogens with one attached hydrogen (secondary N) is 2. The number of hydrogen-bond donors (Lipinski definition) is 2. The molecule has 0 bridgehead atoms. The molecule has 0 radical (unpaired) electrons. The van der Waals surface area contributed by atoms with Gasteiger partial charge in [-0.3, -0.25) is 4.79 Å². The van der Waals surface area contributed by atoms with Gasteiger partial charge in [-0.1, -0.05) is 36.8 Å². The van der Waals surface area contributed by atoms with E-state index in [1.165, 1.54) is 24.8 Å². The van der Waals surface area contributed by atoms with E-state index >= 15 is 0 Å². The van der Waals surface area contributed by atoms with Crippen molar-refractivity contribution in [1.82, 2.24) is 10.6 Å². The standard InChI is InChI=1S/C14H20N2O/c1-15-10-13(17)16-14(12-8-5-9-12)11-6-3-2-4-7-11/h2-4,6-7,12,14-15H,5,8-10H2,1H3,(H,16,17). The highest BCUT2D eigenvalue weighted by molar-refractivity contribution is 5.78. The summed E-state index contributed by atoms with van der Waals surface area (Å²) in [5.74, 6) is 0.687. The molecule has 92 valence electrons. The van der Waals surface area contributed by atoms with Gasteiger partial charge in [-0.15, -0.1) is 0 Å². The minimum atomic E-state index is 0.0771. The van der Waals surface area contributed by atoms with E-state index in [1.54, 1.807) is 7.05 Å². The molecule has 1 atom stereocenters. The van der Waals surface area contributed by atoms with Crippen LogP contribution in [-0.2, 0) is 4.79 Å². The fourth-order valence-electron chi connectivity index (χ4n) is 2.29. The van der Waals surface area contributed by atoms with Crippen LogP contribution in [0.1, 0.15) is 30.9 Å². The molecule has 1 aromatic carbocycles. The lowest BCUT2D eigenvalue weighted by Gasteiger charge is -2.34. The third kappa shape index (κ3) is 3.07. The zero-order valence-corrected chi connectivity index (χ0v) is 10.3. The maximum atomic E-state index is 11.7. The summed E-state index contributed by atoms with van der Waals surface area (Å²) >= 11 is 0. The quantitative estimate of drug-likeness (QED) is 0.813. The predicted molar refractivity (Wildman–Crippen MR) is 68.6 cm³/mol. The summed E-state index contributed by atoms with van der Waals surface area (Å²) in [4.78, 5) is 11.7. The summed E-state index contributed by atoms with van der Waals surface area (Å²) in [5, 5.41) is 6.02. The average molecular weight is 232 g/mol. The van der Waals surface area contributed by atoms with Gasteiger partial charge in [-0.25, -0.2) is 0 Å². The SMILES string of the molecule is CNCC(=O)NC(c1ccccc1)C1CCC1. The topological polar surface area (TPSA) is 41.1 Å². The summed E-state index contributed by atoms with van der Waals surface area (Å²) in [7, 11) is 1.79. The van der Waals surface area contributed by atoms with E-state index < -0.39 is 0 Å². The van der Waals surface area contributed by atoms with E-state index in [4.69, 9.17) is 0 Å². The third-order valence-electron chi connectivity index (χ3n) is 3.43. The second-order valence-corrected chi connectivity index (χ2v) is 4.68. The second kappa shape index (κ2) is 5.82. The molecule has 1 aromatic rings. The van der Waals surface area contributed by atoms with Crippen molar-refractivity contribution >= 4 is 5.91 Å². The number of benzene rings is 1. The number of carbonyl (C=O) groups is 1. The first-order chi connectivity index (χ1) is 8.31. The Labute approximate surface area is 103 Å². The Kier molecular flexibility index (Phi) is 4.15. The van der Waals surface area contributed by atoms with Gasteiger partial charge in [0.15, 0.2) is 0 Å². The lowest BCUT2D eigenvalue weighted by Crippen LogP contribution is -2.39. The molecule has 0 spiro atoms. The van der Waals surface area contributed by atoms with Gasteiger partial charge in [0.2, 0.25) is 5.91 Å². The molecular formula is C14H20N2O. The second-order valence-electron chi connectivity index (χ2n) is 4.68. The van der Waals surface area contributed by atoms with Gasteiger partial charge >= 0.3 is 0 Å². The average Bonchev–Trinajstić information content (AvgIpc) is 2.27. The van der Waals surface area contributed by atoms with Crippen LogP contribution in [0.15, 0.2) is 30.3 Å². The van der Waals surface area contributed by atoms with Gasteiger partial charge in [0.25, 0.3) is 0 Å². The van der Waals surface area contributed by atoms with Gasteiger partial charge in [0, 0.05) is 0 Å². The third-order valence-corrected chi connectivity index (χ3v) is 3.43. The lowest BCUT2D eigenvalue weighted by atomic mass is 9.77. The van der Waals surface area contributed by atoms with Crippen LogP contribution in [0.3, 0.4) is 0 Å². The Balaban J connectivity index is 2.06.